The van der Waals surface area contributed by atoms with Gasteiger partial charge >= 0.3 is 0 Å². The molecule has 0 saturated carbocycles. The highest BCUT2D eigenvalue weighted by atomic mass is 16.6. The Labute approximate surface area is 153 Å². The molecule has 2 aromatic carbocycles. The fourth-order valence-corrected chi connectivity index (χ4v) is 2.80. The molecule has 0 bridgehead atoms. The zero-order chi connectivity index (χ0) is 19.4. The van der Waals surface area contributed by atoms with Crippen LogP contribution in [0.4, 0.5) is 11.4 Å². The van der Waals surface area contributed by atoms with Gasteiger partial charge in [0.05, 0.1) is 21.6 Å². The molecule has 0 saturated heterocycles. The molecule has 0 radical (unpaired) electrons. The van der Waals surface area contributed by atoms with Crippen molar-refractivity contribution in [2.24, 2.45) is 5.10 Å². The van der Waals surface area contributed by atoms with Gasteiger partial charge in [0.15, 0.2) is 0 Å². The molecule has 3 rings (SSSR count). The molecule has 1 amide bonds. The van der Waals surface area contributed by atoms with Crippen molar-refractivity contribution in [3.8, 4) is 0 Å². The minimum absolute atomic E-state index is 0.0190. The van der Waals surface area contributed by atoms with Crippen LogP contribution < -0.4 is 0 Å². The van der Waals surface area contributed by atoms with E-state index in [1.54, 1.807) is 36.4 Å². The topological polar surface area (TPSA) is 119 Å². The van der Waals surface area contributed by atoms with Gasteiger partial charge in [-0.2, -0.15) is 5.10 Å². The van der Waals surface area contributed by atoms with Gasteiger partial charge in [-0.05, 0) is 17.2 Å². The van der Waals surface area contributed by atoms with Crippen LogP contribution in [0.3, 0.4) is 0 Å². The summed E-state index contributed by atoms with van der Waals surface area (Å²) >= 11 is 0. The second-order valence-electron chi connectivity index (χ2n) is 5.83. The molecule has 1 atom stereocenters. The van der Waals surface area contributed by atoms with Gasteiger partial charge < -0.3 is 0 Å². The molecule has 1 heterocycles. The molecule has 0 fully saturated rings. The van der Waals surface area contributed by atoms with Gasteiger partial charge in [-0.15, -0.1) is 0 Å². The highest BCUT2D eigenvalue weighted by molar-refractivity contribution is 6.00. The molecule has 27 heavy (non-hydrogen) atoms. The third kappa shape index (κ3) is 4.03. The molecular weight excluding hydrogens is 352 g/mol. The van der Waals surface area contributed by atoms with Crippen molar-refractivity contribution in [2.45, 2.75) is 12.5 Å². The van der Waals surface area contributed by atoms with E-state index in [0.717, 1.165) is 0 Å². The summed E-state index contributed by atoms with van der Waals surface area (Å²) in [6.07, 6.45) is 4.29. The lowest BCUT2D eigenvalue weighted by Crippen LogP contribution is -2.17. The summed E-state index contributed by atoms with van der Waals surface area (Å²) in [4.78, 5) is 32.2. The number of allylic oxidation sites excluding steroid dienone is 1. The third-order valence-corrected chi connectivity index (χ3v) is 4.09. The largest absolute Gasteiger partial charge is 0.277 e. The number of benzene rings is 2. The predicted molar refractivity (Wildman–Crippen MR) is 97.9 cm³/mol. The summed E-state index contributed by atoms with van der Waals surface area (Å²) in [5.41, 5.74) is 1.75. The monoisotopic (exact) mass is 366 g/mol. The number of nitrogens with zero attached hydrogens (tertiary/aromatic N) is 4. The molecule has 0 unspecified atom stereocenters. The quantitative estimate of drug-likeness (QED) is 0.440. The van der Waals surface area contributed by atoms with Gasteiger partial charge in [-0.25, -0.2) is 5.01 Å². The Bertz CT molecular complexity index is 970. The standard InChI is InChI=1S/C18H14N4O5/c23-12-20-18(14-4-2-6-17(10-14)22(26)27)11-15(19-20)8-7-13-3-1-5-16(9-13)21(24)25/h1-10,12,18H,11H2/b8-7+/t18-/m1/s1. The Hall–Kier alpha value is -3.88. The van der Waals surface area contributed by atoms with Crippen LogP contribution in [0.25, 0.3) is 6.08 Å². The van der Waals surface area contributed by atoms with E-state index in [9.17, 15) is 25.0 Å². The molecule has 1 aliphatic heterocycles. The summed E-state index contributed by atoms with van der Waals surface area (Å²) in [6, 6.07) is 11.8. The van der Waals surface area contributed by atoms with E-state index in [4.69, 9.17) is 0 Å². The van der Waals surface area contributed by atoms with Crippen molar-refractivity contribution in [2.75, 3.05) is 0 Å². The first kappa shape index (κ1) is 17.9. The second-order valence-corrected chi connectivity index (χ2v) is 5.83. The molecule has 1 aliphatic rings. The summed E-state index contributed by atoms with van der Waals surface area (Å²) in [7, 11) is 0. The van der Waals surface area contributed by atoms with Gasteiger partial charge in [-0.1, -0.05) is 30.3 Å². The van der Waals surface area contributed by atoms with E-state index in [0.29, 0.717) is 29.7 Å². The van der Waals surface area contributed by atoms with Crippen LogP contribution >= 0.6 is 0 Å². The third-order valence-electron chi connectivity index (χ3n) is 4.09. The van der Waals surface area contributed by atoms with E-state index >= 15 is 0 Å². The van der Waals surface area contributed by atoms with Crippen molar-refractivity contribution < 1.29 is 14.6 Å². The first-order chi connectivity index (χ1) is 13.0. The number of carbonyl (C=O) groups is 1. The van der Waals surface area contributed by atoms with E-state index < -0.39 is 15.9 Å². The van der Waals surface area contributed by atoms with Crippen LogP contribution in [0.15, 0.2) is 59.7 Å². The number of hydrogen-bond donors (Lipinski definition) is 0. The van der Waals surface area contributed by atoms with Crippen LogP contribution in [-0.2, 0) is 4.79 Å². The number of nitro groups is 2. The molecule has 0 spiro atoms. The fraction of sp³-hybridized carbons (Fsp3) is 0.111. The minimum Gasteiger partial charge on any atom is -0.277 e. The summed E-state index contributed by atoms with van der Waals surface area (Å²) < 4.78 is 0. The smallest absolute Gasteiger partial charge is 0.270 e. The Morgan fingerprint density at radius 2 is 1.67 bits per heavy atom. The minimum atomic E-state index is -0.492. The van der Waals surface area contributed by atoms with E-state index in [2.05, 4.69) is 5.10 Å². The fourth-order valence-electron chi connectivity index (χ4n) is 2.80. The van der Waals surface area contributed by atoms with Crippen molar-refractivity contribution >= 4 is 29.6 Å². The molecule has 9 nitrogen and oxygen atoms in total. The van der Waals surface area contributed by atoms with Crippen LogP contribution in [0.1, 0.15) is 23.6 Å². The summed E-state index contributed by atoms with van der Waals surface area (Å²) in [6.45, 7) is 0. The SMILES string of the molecule is O=CN1N=C(/C=C/c2cccc([N+](=O)[O-])c2)C[C@@H]1c1cccc([N+](=O)[O-])c1. The Morgan fingerprint density at radius 3 is 2.33 bits per heavy atom. The number of hydrazone groups is 1. The van der Waals surface area contributed by atoms with Gasteiger partial charge in [0, 0.05) is 30.7 Å². The maximum Gasteiger partial charge on any atom is 0.270 e. The van der Waals surface area contributed by atoms with Crippen LogP contribution in [0.5, 0.6) is 0 Å². The summed E-state index contributed by atoms with van der Waals surface area (Å²) in [5, 5.41) is 27.2. The highest BCUT2D eigenvalue weighted by Gasteiger charge is 2.27. The van der Waals surface area contributed by atoms with E-state index in [1.165, 1.54) is 29.3 Å². The zero-order valence-corrected chi connectivity index (χ0v) is 14.0. The van der Waals surface area contributed by atoms with Crippen molar-refractivity contribution in [1.82, 2.24) is 5.01 Å². The number of hydrogen-bond acceptors (Lipinski definition) is 6. The Kier molecular flexibility index (Phi) is 5.02. The Morgan fingerprint density at radius 1 is 1.00 bits per heavy atom. The first-order valence-corrected chi connectivity index (χ1v) is 7.96. The number of carbonyl (C=O) groups excluding carboxylic acids is 1. The van der Waals surface area contributed by atoms with E-state index in [-0.39, 0.29) is 11.4 Å². The molecule has 2 aromatic rings. The zero-order valence-electron chi connectivity index (χ0n) is 14.0. The lowest BCUT2D eigenvalue weighted by molar-refractivity contribution is -0.385. The van der Waals surface area contributed by atoms with Crippen molar-refractivity contribution in [3.63, 3.8) is 0 Å². The van der Waals surface area contributed by atoms with Gasteiger partial charge in [0.2, 0.25) is 6.41 Å². The Balaban J connectivity index is 1.80. The normalized spacial score (nSPS) is 16.4. The number of rotatable bonds is 6. The number of nitro benzene ring substituents is 2. The lowest BCUT2D eigenvalue weighted by atomic mass is 10.0. The van der Waals surface area contributed by atoms with Crippen LogP contribution in [0, 0.1) is 20.2 Å². The maximum absolute atomic E-state index is 11.3. The predicted octanol–water partition coefficient (Wildman–Crippen LogP) is 3.48. The number of non-ortho nitro benzene ring substituents is 2. The molecule has 0 aliphatic carbocycles. The molecule has 9 heteroatoms. The van der Waals surface area contributed by atoms with Gasteiger partial charge in [-0.3, -0.25) is 25.0 Å². The molecule has 0 N–H and O–H groups in total. The maximum atomic E-state index is 11.3. The average Bonchev–Trinajstić information content (AvgIpc) is 3.10. The van der Waals surface area contributed by atoms with E-state index in [1.807, 2.05) is 0 Å². The van der Waals surface area contributed by atoms with Crippen molar-refractivity contribution in [1.29, 1.82) is 0 Å². The summed E-state index contributed by atoms with van der Waals surface area (Å²) in [5.74, 6) is 0. The average molecular weight is 366 g/mol. The second kappa shape index (κ2) is 7.56. The number of amides is 1. The highest BCUT2D eigenvalue weighted by Crippen LogP contribution is 2.31. The van der Waals surface area contributed by atoms with Crippen molar-refractivity contribution in [3.05, 3.63) is 86.0 Å². The molecule has 0 aromatic heterocycles. The first-order valence-electron chi connectivity index (χ1n) is 7.96. The van der Waals surface area contributed by atoms with Crippen LogP contribution in [0.2, 0.25) is 0 Å². The van der Waals surface area contributed by atoms with Gasteiger partial charge in [0.25, 0.3) is 11.4 Å². The van der Waals surface area contributed by atoms with Gasteiger partial charge in [0.1, 0.15) is 0 Å². The molecular formula is C18H14N4O5. The molecule has 136 valence electrons. The van der Waals surface area contributed by atoms with Crippen LogP contribution in [-0.4, -0.2) is 27.0 Å². The lowest BCUT2D eigenvalue weighted by Gasteiger charge is -2.16.